The van der Waals surface area contributed by atoms with E-state index >= 15 is 0 Å². The van der Waals surface area contributed by atoms with Gasteiger partial charge < -0.3 is 0 Å². The number of carbonyl (C=O) groups excluding carboxylic acids is 3. The van der Waals surface area contributed by atoms with Gasteiger partial charge in [0.2, 0.25) is 11.8 Å². The van der Waals surface area contributed by atoms with E-state index in [1.54, 1.807) is 38.1 Å². The number of nitrogens with two attached hydrogens (primary N) is 1. The molecule has 3 amide bonds. The van der Waals surface area contributed by atoms with Crippen molar-refractivity contribution in [2.75, 3.05) is 0 Å². The Labute approximate surface area is 116 Å². The molecule has 2 atom stereocenters. The first-order chi connectivity index (χ1) is 9.45. The van der Waals surface area contributed by atoms with Crippen LogP contribution in [-0.4, -0.2) is 22.6 Å². The Bertz CT molecular complexity index is 551. The van der Waals surface area contributed by atoms with Crippen LogP contribution in [0.25, 0.3) is 0 Å². The molecule has 20 heavy (non-hydrogen) atoms. The van der Waals surface area contributed by atoms with Crippen LogP contribution >= 0.6 is 0 Å². The minimum Gasteiger partial charge on any atom is -0.290 e. The smallest absolute Gasteiger partial charge is 0.265 e. The van der Waals surface area contributed by atoms with Crippen molar-refractivity contribution in [3.8, 4) is 0 Å². The first-order valence-electron chi connectivity index (χ1n) is 6.40. The summed E-state index contributed by atoms with van der Waals surface area (Å²) in [4.78, 5) is 36.7. The molecule has 1 aromatic carbocycles. The lowest BCUT2D eigenvalue weighted by Crippen LogP contribution is -2.31. The van der Waals surface area contributed by atoms with Crippen molar-refractivity contribution in [1.82, 2.24) is 10.3 Å². The van der Waals surface area contributed by atoms with Crippen LogP contribution in [0, 0.1) is 11.8 Å². The predicted molar refractivity (Wildman–Crippen MR) is 72.0 cm³/mol. The van der Waals surface area contributed by atoms with Crippen LogP contribution in [0.1, 0.15) is 29.8 Å². The van der Waals surface area contributed by atoms with Gasteiger partial charge in [-0.15, -0.1) is 0 Å². The molecule has 3 N–H and O–H groups in total. The second-order valence-corrected chi connectivity index (χ2v) is 5.01. The molecule has 2 unspecified atom stereocenters. The fourth-order valence-corrected chi connectivity index (χ4v) is 2.26. The molecular formula is C14H17N3O3. The summed E-state index contributed by atoms with van der Waals surface area (Å²) >= 11 is 0. The summed E-state index contributed by atoms with van der Waals surface area (Å²) in [7, 11) is 0. The first kappa shape index (κ1) is 14.2. The van der Waals surface area contributed by atoms with Crippen molar-refractivity contribution >= 4 is 17.7 Å². The standard InChI is InChI=1S/C14H17N3O3/c1-8-9(2)14(20)17(13(8)19)7-10-4-3-5-11(6-10)12(18)16-15/h3-6,8-9H,7,15H2,1-2H3,(H,16,18). The number of amides is 3. The quantitative estimate of drug-likeness (QED) is 0.362. The zero-order chi connectivity index (χ0) is 14.9. The molecule has 1 fully saturated rings. The first-order valence-corrected chi connectivity index (χ1v) is 6.40. The van der Waals surface area contributed by atoms with Gasteiger partial charge in [0.1, 0.15) is 0 Å². The Morgan fingerprint density at radius 2 is 1.85 bits per heavy atom. The second kappa shape index (κ2) is 5.42. The van der Waals surface area contributed by atoms with E-state index in [4.69, 9.17) is 5.84 Å². The average Bonchev–Trinajstić information content (AvgIpc) is 2.64. The Hall–Kier alpha value is -2.21. The van der Waals surface area contributed by atoms with Crippen LogP contribution in [-0.2, 0) is 16.1 Å². The summed E-state index contributed by atoms with van der Waals surface area (Å²) in [5, 5.41) is 0. The van der Waals surface area contributed by atoms with Crippen molar-refractivity contribution in [1.29, 1.82) is 0 Å². The lowest BCUT2D eigenvalue weighted by molar-refractivity contribution is -0.140. The van der Waals surface area contributed by atoms with E-state index in [2.05, 4.69) is 0 Å². The van der Waals surface area contributed by atoms with Crippen LogP contribution in [0.5, 0.6) is 0 Å². The van der Waals surface area contributed by atoms with Crippen LogP contribution in [0.15, 0.2) is 24.3 Å². The molecule has 0 saturated carbocycles. The van der Waals surface area contributed by atoms with E-state index in [-0.39, 0.29) is 30.2 Å². The van der Waals surface area contributed by atoms with Crippen LogP contribution < -0.4 is 11.3 Å². The molecule has 0 aromatic heterocycles. The third-order valence-corrected chi connectivity index (χ3v) is 3.72. The van der Waals surface area contributed by atoms with Crippen molar-refractivity contribution in [3.05, 3.63) is 35.4 Å². The van der Waals surface area contributed by atoms with Crippen LogP contribution in [0.2, 0.25) is 0 Å². The number of likely N-dealkylation sites (tertiary alicyclic amines) is 1. The van der Waals surface area contributed by atoms with E-state index in [1.807, 2.05) is 5.43 Å². The number of hydrogen-bond donors (Lipinski definition) is 2. The Balaban J connectivity index is 2.20. The van der Waals surface area contributed by atoms with Gasteiger partial charge in [0, 0.05) is 17.4 Å². The molecule has 0 spiro atoms. The normalized spacial score (nSPS) is 22.2. The molecule has 0 aliphatic carbocycles. The van der Waals surface area contributed by atoms with Gasteiger partial charge >= 0.3 is 0 Å². The molecule has 106 valence electrons. The van der Waals surface area contributed by atoms with Crippen molar-refractivity contribution in [2.45, 2.75) is 20.4 Å². The van der Waals surface area contributed by atoms with Crippen molar-refractivity contribution < 1.29 is 14.4 Å². The minimum absolute atomic E-state index is 0.170. The number of rotatable bonds is 3. The summed E-state index contributed by atoms with van der Waals surface area (Å²) in [5.41, 5.74) is 3.16. The van der Waals surface area contributed by atoms with E-state index in [1.165, 1.54) is 4.90 Å². The second-order valence-electron chi connectivity index (χ2n) is 5.01. The molecular weight excluding hydrogens is 258 g/mol. The summed E-state index contributed by atoms with van der Waals surface area (Å²) in [6.45, 7) is 3.68. The Morgan fingerprint density at radius 1 is 1.25 bits per heavy atom. The van der Waals surface area contributed by atoms with E-state index in [0.29, 0.717) is 11.1 Å². The molecule has 1 saturated heterocycles. The third kappa shape index (κ3) is 2.42. The molecule has 1 aromatic rings. The number of hydrazine groups is 1. The number of nitrogens with one attached hydrogen (secondary N) is 1. The number of carbonyl (C=O) groups is 3. The molecule has 2 rings (SSSR count). The lowest BCUT2D eigenvalue weighted by atomic mass is 10.00. The maximum Gasteiger partial charge on any atom is 0.265 e. The number of hydrogen-bond acceptors (Lipinski definition) is 4. The fraction of sp³-hybridized carbons (Fsp3) is 0.357. The molecule has 0 radical (unpaired) electrons. The van der Waals surface area contributed by atoms with Gasteiger partial charge in [0.15, 0.2) is 0 Å². The molecule has 6 heteroatoms. The van der Waals surface area contributed by atoms with Crippen molar-refractivity contribution in [3.63, 3.8) is 0 Å². The molecule has 6 nitrogen and oxygen atoms in total. The largest absolute Gasteiger partial charge is 0.290 e. The zero-order valence-corrected chi connectivity index (χ0v) is 11.4. The van der Waals surface area contributed by atoms with Gasteiger partial charge in [0.05, 0.1) is 6.54 Å². The molecule has 1 aliphatic heterocycles. The van der Waals surface area contributed by atoms with Crippen molar-refractivity contribution in [2.24, 2.45) is 17.7 Å². The summed E-state index contributed by atoms with van der Waals surface area (Å²) in [6.07, 6.45) is 0. The fourth-order valence-electron chi connectivity index (χ4n) is 2.26. The minimum atomic E-state index is -0.410. The number of imide groups is 1. The van der Waals surface area contributed by atoms with Crippen LogP contribution in [0.3, 0.4) is 0 Å². The van der Waals surface area contributed by atoms with E-state index in [9.17, 15) is 14.4 Å². The topological polar surface area (TPSA) is 92.5 Å². The zero-order valence-electron chi connectivity index (χ0n) is 11.4. The number of benzene rings is 1. The summed E-state index contributed by atoms with van der Waals surface area (Å²) < 4.78 is 0. The third-order valence-electron chi connectivity index (χ3n) is 3.72. The maximum absolute atomic E-state index is 12.0. The van der Waals surface area contributed by atoms with E-state index in [0.717, 1.165) is 0 Å². The van der Waals surface area contributed by atoms with Gasteiger partial charge in [-0.1, -0.05) is 26.0 Å². The van der Waals surface area contributed by atoms with Gasteiger partial charge in [-0.3, -0.25) is 24.7 Å². The van der Waals surface area contributed by atoms with E-state index < -0.39 is 5.91 Å². The van der Waals surface area contributed by atoms with Gasteiger partial charge in [-0.2, -0.15) is 0 Å². The maximum atomic E-state index is 12.0. The monoisotopic (exact) mass is 275 g/mol. The Morgan fingerprint density at radius 3 is 2.40 bits per heavy atom. The van der Waals surface area contributed by atoms with Crippen LogP contribution in [0.4, 0.5) is 0 Å². The highest BCUT2D eigenvalue weighted by Crippen LogP contribution is 2.26. The van der Waals surface area contributed by atoms with Gasteiger partial charge in [-0.05, 0) is 17.7 Å². The van der Waals surface area contributed by atoms with Gasteiger partial charge in [0.25, 0.3) is 5.91 Å². The lowest BCUT2D eigenvalue weighted by Gasteiger charge is -2.15. The highest BCUT2D eigenvalue weighted by atomic mass is 16.2. The SMILES string of the molecule is CC1C(=O)N(Cc2cccc(C(=O)NN)c2)C(=O)C1C. The average molecular weight is 275 g/mol. The Kier molecular flexibility index (Phi) is 3.85. The van der Waals surface area contributed by atoms with Gasteiger partial charge in [-0.25, -0.2) is 5.84 Å². The molecule has 1 heterocycles. The highest BCUT2D eigenvalue weighted by Gasteiger charge is 2.41. The number of nitrogen functional groups attached to an aromatic ring is 1. The summed E-state index contributed by atoms with van der Waals surface area (Å²) in [6, 6.07) is 6.69. The number of nitrogens with zero attached hydrogens (tertiary/aromatic N) is 1. The molecule has 1 aliphatic rings. The highest BCUT2D eigenvalue weighted by molar-refractivity contribution is 6.04. The predicted octanol–water partition coefficient (Wildman–Crippen LogP) is 0.431. The summed E-state index contributed by atoms with van der Waals surface area (Å²) in [5.74, 6) is 3.74. The molecule has 0 bridgehead atoms.